The van der Waals surface area contributed by atoms with Crippen LogP contribution in [0.1, 0.15) is 23.9 Å². The van der Waals surface area contributed by atoms with Crippen molar-refractivity contribution in [3.05, 3.63) is 51.6 Å². The van der Waals surface area contributed by atoms with Crippen LogP contribution in [0.5, 0.6) is 0 Å². The average Bonchev–Trinajstić information content (AvgIpc) is 2.40. The van der Waals surface area contributed by atoms with Gasteiger partial charge in [-0.2, -0.15) is 0 Å². The minimum Gasteiger partial charge on any atom is -0.370 e. The van der Waals surface area contributed by atoms with E-state index in [1.807, 2.05) is 26.0 Å². The van der Waals surface area contributed by atoms with Gasteiger partial charge in [0.1, 0.15) is 22.1 Å². The molecule has 1 aromatic carbocycles. The maximum Gasteiger partial charge on any atom is 0.131 e. The topological polar surface area (TPSA) is 37.8 Å². The van der Waals surface area contributed by atoms with Crippen molar-refractivity contribution in [2.75, 3.05) is 11.9 Å². The van der Waals surface area contributed by atoms with Gasteiger partial charge in [-0.25, -0.2) is 14.4 Å². The highest BCUT2D eigenvalue weighted by Gasteiger charge is 2.03. The lowest BCUT2D eigenvalue weighted by Crippen LogP contribution is -2.09. The van der Waals surface area contributed by atoms with E-state index >= 15 is 0 Å². The van der Waals surface area contributed by atoms with E-state index in [1.165, 1.54) is 6.07 Å². The first-order chi connectivity index (χ1) is 9.58. The van der Waals surface area contributed by atoms with Crippen LogP contribution in [0.15, 0.2) is 28.9 Å². The summed E-state index contributed by atoms with van der Waals surface area (Å²) in [5, 5.41) is 3.28. The van der Waals surface area contributed by atoms with Gasteiger partial charge in [0.05, 0.1) is 0 Å². The Morgan fingerprint density at radius 2 is 2.05 bits per heavy atom. The molecule has 0 unspecified atom stereocenters. The highest BCUT2D eigenvalue weighted by molar-refractivity contribution is 9.10. The van der Waals surface area contributed by atoms with Crippen molar-refractivity contribution in [3.8, 4) is 0 Å². The maximum absolute atomic E-state index is 13.0. The summed E-state index contributed by atoms with van der Waals surface area (Å²) in [6.07, 6.45) is 1.63. The third kappa shape index (κ3) is 4.00. The van der Waals surface area contributed by atoms with Gasteiger partial charge < -0.3 is 5.32 Å². The minimum absolute atomic E-state index is 0.188. The van der Waals surface area contributed by atoms with Crippen LogP contribution in [0.4, 0.5) is 10.2 Å². The lowest BCUT2D eigenvalue weighted by Gasteiger charge is -2.09. The molecule has 0 bridgehead atoms. The van der Waals surface area contributed by atoms with E-state index in [-0.39, 0.29) is 5.82 Å². The zero-order chi connectivity index (χ0) is 14.5. The fourth-order valence-electron chi connectivity index (χ4n) is 1.98. The molecule has 0 atom stereocenters. The molecule has 1 heterocycles. The van der Waals surface area contributed by atoms with Gasteiger partial charge in [0.15, 0.2) is 0 Å². The normalized spacial score (nSPS) is 10.6. The summed E-state index contributed by atoms with van der Waals surface area (Å²) < 4.78 is 13.8. The summed E-state index contributed by atoms with van der Waals surface area (Å²) in [6.45, 7) is 4.70. The fraction of sp³-hybridized carbons (Fsp3) is 0.333. The Labute approximate surface area is 126 Å². The first kappa shape index (κ1) is 14.9. The van der Waals surface area contributed by atoms with Crippen LogP contribution in [0.2, 0.25) is 0 Å². The van der Waals surface area contributed by atoms with Crippen molar-refractivity contribution in [2.24, 2.45) is 0 Å². The van der Waals surface area contributed by atoms with Crippen LogP contribution in [0, 0.1) is 12.7 Å². The largest absolute Gasteiger partial charge is 0.370 e. The van der Waals surface area contributed by atoms with E-state index in [9.17, 15) is 4.39 Å². The zero-order valence-corrected chi connectivity index (χ0v) is 13.2. The van der Waals surface area contributed by atoms with E-state index in [2.05, 4.69) is 31.2 Å². The first-order valence-corrected chi connectivity index (χ1v) is 7.40. The van der Waals surface area contributed by atoms with Gasteiger partial charge in [-0.05, 0) is 52.5 Å². The molecule has 0 amide bonds. The predicted octanol–water partition coefficient (Wildman–Crippen LogP) is 3.90. The lowest BCUT2D eigenvalue weighted by atomic mass is 10.1. The Balaban J connectivity index is 1.97. The molecule has 1 aromatic heterocycles. The summed E-state index contributed by atoms with van der Waals surface area (Å²) >= 11 is 3.38. The van der Waals surface area contributed by atoms with Crippen molar-refractivity contribution in [1.29, 1.82) is 0 Å². The van der Waals surface area contributed by atoms with Crippen LogP contribution >= 0.6 is 15.9 Å². The van der Waals surface area contributed by atoms with E-state index < -0.39 is 0 Å². The Hall–Kier alpha value is -1.49. The number of hydrogen-bond donors (Lipinski definition) is 1. The molecule has 20 heavy (non-hydrogen) atoms. The van der Waals surface area contributed by atoms with E-state index in [0.29, 0.717) is 0 Å². The quantitative estimate of drug-likeness (QED) is 0.840. The summed E-state index contributed by atoms with van der Waals surface area (Å²) in [5.74, 6) is 1.43. The SMILES string of the molecule is CCc1nc(Br)cc(NCCc2ccc(F)cc2C)n1. The summed E-state index contributed by atoms with van der Waals surface area (Å²) in [5.41, 5.74) is 2.12. The second-order valence-electron chi connectivity index (χ2n) is 4.59. The standard InChI is InChI=1S/C15H17BrFN3/c1-3-14-19-13(16)9-15(20-14)18-7-6-11-4-5-12(17)8-10(11)2/h4-5,8-9H,3,6-7H2,1-2H3,(H,18,19,20). The van der Waals surface area contributed by atoms with Crippen molar-refractivity contribution in [2.45, 2.75) is 26.7 Å². The van der Waals surface area contributed by atoms with Gasteiger partial charge in [-0.15, -0.1) is 0 Å². The van der Waals surface area contributed by atoms with Gasteiger partial charge in [0.25, 0.3) is 0 Å². The number of nitrogens with one attached hydrogen (secondary N) is 1. The molecule has 0 radical (unpaired) electrons. The van der Waals surface area contributed by atoms with Gasteiger partial charge in [-0.3, -0.25) is 0 Å². The van der Waals surface area contributed by atoms with Crippen LogP contribution in [0.3, 0.4) is 0 Å². The highest BCUT2D eigenvalue weighted by Crippen LogP contribution is 2.14. The molecular formula is C15H17BrFN3. The van der Waals surface area contributed by atoms with E-state index in [4.69, 9.17) is 0 Å². The second-order valence-corrected chi connectivity index (χ2v) is 5.41. The first-order valence-electron chi connectivity index (χ1n) is 6.61. The fourth-order valence-corrected chi connectivity index (χ4v) is 2.40. The monoisotopic (exact) mass is 337 g/mol. The zero-order valence-electron chi connectivity index (χ0n) is 11.6. The molecule has 5 heteroatoms. The minimum atomic E-state index is -0.188. The number of aromatic nitrogens is 2. The number of benzene rings is 1. The summed E-state index contributed by atoms with van der Waals surface area (Å²) in [6, 6.07) is 6.75. The molecule has 0 aliphatic carbocycles. The Kier molecular flexibility index (Phi) is 5.06. The van der Waals surface area contributed by atoms with Crippen LogP contribution in [0.25, 0.3) is 0 Å². The number of rotatable bonds is 5. The molecule has 0 saturated carbocycles. The van der Waals surface area contributed by atoms with E-state index in [0.717, 1.165) is 46.8 Å². The molecule has 2 aromatic rings. The molecule has 0 fully saturated rings. The van der Waals surface area contributed by atoms with Crippen LogP contribution in [-0.4, -0.2) is 16.5 Å². The number of halogens is 2. The van der Waals surface area contributed by atoms with Crippen molar-refractivity contribution in [1.82, 2.24) is 9.97 Å². The van der Waals surface area contributed by atoms with Crippen molar-refractivity contribution in [3.63, 3.8) is 0 Å². The lowest BCUT2D eigenvalue weighted by molar-refractivity contribution is 0.625. The van der Waals surface area contributed by atoms with Gasteiger partial charge >= 0.3 is 0 Å². The smallest absolute Gasteiger partial charge is 0.131 e. The molecule has 106 valence electrons. The van der Waals surface area contributed by atoms with E-state index in [1.54, 1.807) is 6.07 Å². The maximum atomic E-state index is 13.0. The van der Waals surface area contributed by atoms with Crippen LogP contribution in [-0.2, 0) is 12.8 Å². The van der Waals surface area contributed by atoms with Gasteiger partial charge in [0, 0.05) is 19.0 Å². The van der Waals surface area contributed by atoms with Crippen molar-refractivity contribution < 1.29 is 4.39 Å². The number of anilines is 1. The van der Waals surface area contributed by atoms with Crippen LogP contribution < -0.4 is 5.32 Å². The number of nitrogens with zero attached hydrogens (tertiary/aromatic N) is 2. The van der Waals surface area contributed by atoms with Gasteiger partial charge in [-0.1, -0.05) is 13.0 Å². The molecule has 0 aliphatic heterocycles. The molecule has 0 aliphatic rings. The Morgan fingerprint density at radius 1 is 1.25 bits per heavy atom. The summed E-state index contributed by atoms with van der Waals surface area (Å²) in [7, 11) is 0. The molecule has 0 saturated heterocycles. The Bertz CT molecular complexity index is 602. The average molecular weight is 338 g/mol. The Morgan fingerprint density at radius 3 is 2.75 bits per heavy atom. The molecule has 2 rings (SSSR count). The third-order valence-corrected chi connectivity index (χ3v) is 3.47. The molecule has 0 spiro atoms. The highest BCUT2D eigenvalue weighted by atomic mass is 79.9. The molecule has 3 nitrogen and oxygen atoms in total. The third-order valence-electron chi connectivity index (χ3n) is 3.06. The second kappa shape index (κ2) is 6.79. The van der Waals surface area contributed by atoms with Gasteiger partial charge in [0.2, 0.25) is 0 Å². The predicted molar refractivity (Wildman–Crippen MR) is 82.4 cm³/mol. The molecule has 1 N–H and O–H groups in total. The number of aryl methyl sites for hydroxylation is 2. The molecular weight excluding hydrogens is 321 g/mol. The summed E-state index contributed by atoms with van der Waals surface area (Å²) in [4.78, 5) is 8.67. The van der Waals surface area contributed by atoms with Crippen molar-refractivity contribution >= 4 is 21.7 Å². The number of hydrogen-bond acceptors (Lipinski definition) is 3.